The molecule has 19 heavy (non-hydrogen) atoms. The molecule has 1 nitrogen and oxygen atoms in total. The van der Waals surface area contributed by atoms with E-state index in [4.69, 9.17) is 4.74 Å². The predicted octanol–water partition coefficient (Wildman–Crippen LogP) is 4.13. The molecular weight excluding hydrogens is 260 g/mol. The molecule has 0 spiro atoms. The maximum atomic E-state index is 13.3. The second-order valence-corrected chi connectivity index (χ2v) is 4.07. The van der Waals surface area contributed by atoms with Gasteiger partial charge in [-0.15, -0.1) is 0 Å². The number of hydrogen-bond acceptors (Lipinski definition) is 1. The van der Waals surface area contributed by atoms with Gasteiger partial charge in [-0.25, -0.2) is 13.2 Å². The van der Waals surface area contributed by atoms with Crippen molar-refractivity contribution in [3.63, 3.8) is 0 Å². The average Bonchev–Trinajstić information content (AvgIpc) is 2.41. The van der Waals surface area contributed by atoms with Crippen molar-refractivity contribution in [3.05, 3.63) is 64.7 Å². The lowest BCUT2D eigenvalue weighted by molar-refractivity contribution is 0.276. The van der Waals surface area contributed by atoms with Crippen LogP contribution in [0.5, 0.6) is 5.75 Å². The highest BCUT2D eigenvalue weighted by atomic mass is 19.2. The smallest absolute Gasteiger partial charge is 0.203 e. The van der Waals surface area contributed by atoms with Gasteiger partial charge < -0.3 is 4.74 Å². The van der Waals surface area contributed by atoms with E-state index in [2.05, 4.69) is 0 Å². The SMILES string of the molecule is Cc1ccc(COc2cc(F)c(F)c(F)c2F)cc1. The lowest BCUT2D eigenvalue weighted by Gasteiger charge is -2.09. The van der Waals surface area contributed by atoms with Gasteiger partial charge in [0.1, 0.15) is 6.61 Å². The van der Waals surface area contributed by atoms with Crippen LogP contribution in [0.25, 0.3) is 0 Å². The second kappa shape index (κ2) is 5.30. The summed E-state index contributed by atoms with van der Waals surface area (Å²) in [6.07, 6.45) is 0. The fourth-order valence-electron chi connectivity index (χ4n) is 1.50. The van der Waals surface area contributed by atoms with Crippen molar-refractivity contribution in [1.82, 2.24) is 0 Å². The van der Waals surface area contributed by atoms with Crippen LogP contribution in [0.15, 0.2) is 30.3 Å². The summed E-state index contributed by atoms with van der Waals surface area (Å²) in [4.78, 5) is 0. The molecule has 0 heterocycles. The summed E-state index contributed by atoms with van der Waals surface area (Å²) in [6.45, 7) is 1.83. The quantitative estimate of drug-likeness (QED) is 0.463. The van der Waals surface area contributed by atoms with Crippen molar-refractivity contribution in [2.24, 2.45) is 0 Å². The molecule has 0 atom stereocenters. The van der Waals surface area contributed by atoms with Crippen LogP contribution in [0.2, 0.25) is 0 Å². The highest BCUT2D eigenvalue weighted by molar-refractivity contribution is 5.28. The zero-order valence-corrected chi connectivity index (χ0v) is 10.0. The monoisotopic (exact) mass is 270 g/mol. The number of aryl methyl sites for hydroxylation is 1. The van der Waals surface area contributed by atoms with E-state index < -0.39 is 29.0 Å². The van der Waals surface area contributed by atoms with E-state index in [0.29, 0.717) is 11.6 Å². The summed E-state index contributed by atoms with van der Waals surface area (Å²) < 4.78 is 56.9. The molecule has 0 saturated carbocycles. The number of hydrogen-bond donors (Lipinski definition) is 0. The van der Waals surface area contributed by atoms with Crippen molar-refractivity contribution in [2.75, 3.05) is 0 Å². The van der Waals surface area contributed by atoms with Gasteiger partial charge in [-0.3, -0.25) is 0 Å². The van der Waals surface area contributed by atoms with E-state index >= 15 is 0 Å². The first-order valence-corrected chi connectivity index (χ1v) is 5.50. The molecule has 0 fully saturated rings. The Hall–Kier alpha value is -2.04. The van der Waals surface area contributed by atoms with Gasteiger partial charge in [0.15, 0.2) is 17.4 Å². The van der Waals surface area contributed by atoms with Crippen LogP contribution in [-0.2, 0) is 6.61 Å². The fourth-order valence-corrected chi connectivity index (χ4v) is 1.50. The van der Waals surface area contributed by atoms with E-state index in [1.165, 1.54) is 0 Å². The maximum Gasteiger partial charge on any atom is 0.203 e. The zero-order chi connectivity index (χ0) is 14.0. The summed E-state index contributed by atoms with van der Waals surface area (Å²) in [5, 5.41) is 0. The molecule has 0 aliphatic carbocycles. The van der Waals surface area contributed by atoms with Crippen molar-refractivity contribution in [2.45, 2.75) is 13.5 Å². The maximum absolute atomic E-state index is 13.3. The van der Waals surface area contributed by atoms with Gasteiger partial charge in [0.2, 0.25) is 11.6 Å². The Kier molecular flexibility index (Phi) is 3.74. The molecule has 0 N–H and O–H groups in total. The molecule has 0 unspecified atom stereocenters. The molecular formula is C14H10F4O. The largest absolute Gasteiger partial charge is 0.486 e. The molecule has 0 bridgehead atoms. The second-order valence-electron chi connectivity index (χ2n) is 4.07. The molecule has 2 aromatic rings. The topological polar surface area (TPSA) is 9.23 Å². The van der Waals surface area contributed by atoms with Crippen LogP contribution in [-0.4, -0.2) is 0 Å². The Bertz CT molecular complexity index is 593. The molecule has 0 saturated heterocycles. The number of ether oxygens (including phenoxy) is 1. The Morgan fingerprint density at radius 1 is 0.895 bits per heavy atom. The van der Waals surface area contributed by atoms with Gasteiger partial charge >= 0.3 is 0 Å². The lowest BCUT2D eigenvalue weighted by Crippen LogP contribution is -2.02. The summed E-state index contributed by atoms with van der Waals surface area (Å²) in [6, 6.07) is 7.61. The normalized spacial score (nSPS) is 10.6. The average molecular weight is 270 g/mol. The van der Waals surface area contributed by atoms with E-state index in [9.17, 15) is 17.6 Å². The molecule has 100 valence electrons. The van der Waals surface area contributed by atoms with E-state index in [0.717, 1.165) is 5.56 Å². The van der Waals surface area contributed by atoms with E-state index in [-0.39, 0.29) is 6.61 Å². The molecule has 0 amide bonds. The minimum absolute atomic E-state index is 0.0677. The Labute approximate surface area is 107 Å². The van der Waals surface area contributed by atoms with Gasteiger partial charge in [0, 0.05) is 6.07 Å². The van der Waals surface area contributed by atoms with Crippen molar-refractivity contribution >= 4 is 0 Å². The highest BCUT2D eigenvalue weighted by Gasteiger charge is 2.19. The number of benzene rings is 2. The summed E-state index contributed by atoms with van der Waals surface area (Å²) in [5.74, 6) is -7.40. The van der Waals surface area contributed by atoms with Gasteiger partial charge in [-0.1, -0.05) is 29.8 Å². The molecule has 5 heteroatoms. The van der Waals surface area contributed by atoms with Crippen molar-refractivity contribution < 1.29 is 22.3 Å². The number of halogens is 4. The third kappa shape index (κ3) is 2.86. The van der Waals surface area contributed by atoms with Crippen LogP contribution < -0.4 is 4.74 Å². The molecule has 0 aliphatic heterocycles. The minimum atomic E-state index is -1.88. The van der Waals surface area contributed by atoms with Crippen LogP contribution >= 0.6 is 0 Å². The van der Waals surface area contributed by atoms with E-state index in [1.54, 1.807) is 12.1 Å². The molecule has 0 aliphatic rings. The molecule has 0 aromatic heterocycles. The van der Waals surface area contributed by atoms with Gasteiger partial charge in [0.05, 0.1) is 0 Å². The lowest BCUT2D eigenvalue weighted by atomic mass is 10.2. The highest BCUT2D eigenvalue weighted by Crippen LogP contribution is 2.25. The van der Waals surface area contributed by atoms with Gasteiger partial charge in [-0.2, -0.15) is 4.39 Å². The van der Waals surface area contributed by atoms with Crippen molar-refractivity contribution in [1.29, 1.82) is 0 Å². The van der Waals surface area contributed by atoms with Gasteiger partial charge in [-0.05, 0) is 12.5 Å². The third-order valence-electron chi connectivity index (χ3n) is 2.58. The molecule has 2 aromatic carbocycles. The first-order valence-electron chi connectivity index (χ1n) is 5.50. The molecule has 0 radical (unpaired) electrons. The van der Waals surface area contributed by atoms with E-state index in [1.807, 2.05) is 19.1 Å². The first-order chi connectivity index (χ1) is 8.99. The minimum Gasteiger partial charge on any atom is -0.486 e. The standard InChI is InChI=1S/C14H10F4O/c1-8-2-4-9(5-3-8)7-19-11-6-10(15)12(16)14(18)13(11)17/h2-6H,7H2,1H3. The van der Waals surface area contributed by atoms with Gasteiger partial charge in [0.25, 0.3) is 0 Å². The molecule has 2 rings (SSSR count). The van der Waals surface area contributed by atoms with Crippen LogP contribution in [0, 0.1) is 30.2 Å². The first kappa shape index (κ1) is 13.4. The summed E-state index contributed by atoms with van der Waals surface area (Å²) in [7, 11) is 0. The van der Waals surface area contributed by atoms with Crippen molar-refractivity contribution in [3.8, 4) is 5.75 Å². The predicted molar refractivity (Wildman–Crippen MR) is 61.8 cm³/mol. The Morgan fingerprint density at radius 2 is 1.53 bits per heavy atom. The Morgan fingerprint density at radius 3 is 2.16 bits per heavy atom. The van der Waals surface area contributed by atoms with Crippen LogP contribution in [0.1, 0.15) is 11.1 Å². The summed E-state index contributed by atoms with van der Waals surface area (Å²) in [5.41, 5.74) is 1.74. The zero-order valence-electron chi connectivity index (χ0n) is 10.0. The third-order valence-corrected chi connectivity index (χ3v) is 2.58. The van der Waals surface area contributed by atoms with Crippen LogP contribution in [0.4, 0.5) is 17.6 Å². The summed E-state index contributed by atoms with van der Waals surface area (Å²) >= 11 is 0. The number of rotatable bonds is 3. The fraction of sp³-hybridized carbons (Fsp3) is 0.143. The Balaban J connectivity index is 2.18. The van der Waals surface area contributed by atoms with Crippen LogP contribution in [0.3, 0.4) is 0 Å².